The fourth-order valence-electron chi connectivity index (χ4n) is 4.43. The third kappa shape index (κ3) is 3.82. The van der Waals surface area contributed by atoms with Gasteiger partial charge in [0.15, 0.2) is 0 Å². The van der Waals surface area contributed by atoms with E-state index in [1.807, 2.05) is 0 Å². The molecule has 2 aromatic heterocycles. The summed E-state index contributed by atoms with van der Waals surface area (Å²) in [6, 6.07) is 4.44. The lowest BCUT2D eigenvalue weighted by atomic mass is 9.88. The summed E-state index contributed by atoms with van der Waals surface area (Å²) in [6.07, 6.45) is 5.00. The van der Waals surface area contributed by atoms with Crippen molar-refractivity contribution in [3.05, 3.63) is 45.0 Å². The van der Waals surface area contributed by atoms with Crippen molar-refractivity contribution in [2.75, 3.05) is 31.1 Å². The standard InChI is InChI=1S/C21H22Cl2N4O2S2/c1-13-2-5-18-15(10-13)19-20(24-12-25-21(19)30-18)26-6-8-27(9-7-26)31(28,29)14-3-4-16(22)17(23)11-14/h3-4,11-13H,2,5-10H2,1H3. The van der Waals surface area contributed by atoms with Crippen LogP contribution in [-0.2, 0) is 22.9 Å². The van der Waals surface area contributed by atoms with E-state index in [4.69, 9.17) is 23.2 Å². The van der Waals surface area contributed by atoms with E-state index in [1.54, 1.807) is 17.7 Å². The van der Waals surface area contributed by atoms with Gasteiger partial charge in [-0.1, -0.05) is 30.1 Å². The third-order valence-corrected chi connectivity index (χ3v) is 9.97. The van der Waals surface area contributed by atoms with Crippen molar-refractivity contribution in [2.24, 2.45) is 5.92 Å². The molecule has 0 N–H and O–H groups in total. The molecule has 0 spiro atoms. The number of hydrogen-bond donors (Lipinski definition) is 0. The molecule has 1 atom stereocenters. The SMILES string of the molecule is CC1CCc2sc3ncnc(N4CCN(S(=O)(=O)c5ccc(Cl)c(Cl)c5)CC4)c3c2C1. The van der Waals surface area contributed by atoms with E-state index >= 15 is 0 Å². The molecule has 5 rings (SSSR count). The first kappa shape index (κ1) is 21.4. The average Bonchev–Trinajstić information content (AvgIpc) is 3.13. The number of piperazine rings is 1. The second kappa shape index (κ2) is 8.15. The van der Waals surface area contributed by atoms with Crippen molar-refractivity contribution >= 4 is 60.6 Å². The first-order chi connectivity index (χ1) is 14.8. The molecule has 0 saturated carbocycles. The van der Waals surface area contributed by atoms with Gasteiger partial charge in [0.1, 0.15) is 17.0 Å². The molecule has 1 unspecified atom stereocenters. The van der Waals surface area contributed by atoms with Crippen LogP contribution in [-0.4, -0.2) is 48.9 Å². The average molecular weight is 497 g/mol. The number of rotatable bonds is 3. The molecular weight excluding hydrogens is 475 g/mol. The maximum Gasteiger partial charge on any atom is 0.243 e. The minimum Gasteiger partial charge on any atom is -0.353 e. The van der Waals surface area contributed by atoms with Crippen molar-refractivity contribution in [3.63, 3.8) is 0 Å². The van der Waals surface area contributed by atoms with Crippen LogP contribution in [0.4, 0.5) is 5.82 Å². The van der Waals surface area contributed by atoms with Gasteiger partial charge in [0.2, 0.25) is 10.0 Å². The number of anilines is 1. The van der Waals surface area contributed by atoms with Gasteiger partial charge < -0.3 is 4.90 Å². The highest BCUT2D eigenvalue weighted by atomic mass is 35.5. The van der Waals surface area contributed by atoms with Gasteiger partial charge in [0.05, 0.1) is 20.3 Å². The van der Waals surface area contributed by atoms with Crippen LogP contribution in [0.3, 0.4) is 0 Å². The number of hydrogen-bond acceptors (Lipinski definition) is 6. The fraction of sp³-hybridized carbons (Fsp3) is 0.429. The molecule has 31 heavy (non-hydrogen) atoms. The van der Waals surface area contributed by atoms with Crippen LogP contribution < -0.4 is 4.90 Å². The Morgan fingerprint density at radius 2 is 1.87 bits per heavy atom. The van der Waals surface area contributed by atoms with Gasteiger partial charge in [-0.2, -0.15) is 4.31 Å². The maximum atomic E-state index is 13.1. The highest BCUT2D eigenvalue weighted by Gasteiger charge is 2.31. The van der Waals surface area contributed by atoms with E-state index in [1.165, 1.54) is 39.4 Å². The summed E-state index contributed by atoms with van der Waals surface area (Å²) in [5.41, 5.74) is 1.39. The molecule has 10 heteroatoms. The molecule has 6 nitrogen and oxygen atoms in total. The Bertz CT molecular complexity index is 1250. The van der Waals surface area contributed by atoms with Crippen LogP contribution in [0.2, 0.25) is 10.0 Å². The first-order valence-corrected chi connectivity index (χ1v) is 13.3. The lowest BCUT2D eigenvalue weighted by molar-refractivity contribution is 0.384. The number of aromatic nitrogens is 2. The molecular formula is C21H22Cl2N4O2S2. The minimum atomic E-state index is -3.63. The highest BCUT2D eigenvalue weighted by Crippen LogP contribution is 2.41. The summed E-state index contributed by atoms with van der Waals surface area (Å²) in [6.45, 7) is 4.22. The summed E-state index contributed by atoms with van der Waals surface area (Å²) < 4.78 is 27.7. The Morgan fingerprint density at radius 1 is 1.10 bits per heavy atom. The highest BCUT2D eigenvalue weighted by molar-refractivity contribution is 7.89. The van der Waals surface area contributed by atoms with E-state index in [9.17, 15) is 8.42 Å². The number of thiophene rings is 1. The largest absolute Gasteiger partial charge is 0.353 e. The fourth-order valence-corrected chi connectivity index (χ4v) is 7.42. The van der Waals surface area contributed by atoms with Gasteiger partial charge in [0.25, 0.3) is 0 Å². The molecule has 1 saturated heterocycles. The van der Waals surface area contributed by atoms with Crippen molar-refractivity contribution in [2.45, 2.75) is 31.1 Å². The number of benzene rings is 1. The molecule has 0 bridgehead atoms. The van der Waals surface area contributed by atoms with Crippen LogP contribution in [0.1, 0.15) is 23.8 Å². The number of nitrogens with zero attached hydrogens (tertiary/aromatic N) is 4. The van der Waals surface area contributed by atoms with Crippen LogP contribution in [0.15, 0.2) is 29.4 Å². The van der Waals surface area contributed by atoms with Crippen molar-refractivity contribution in [1.29, 1.82) is 0 Å². The van der Waals surface area contributed by atoms with Gasteiger partial charge in [-0.05, 0) is 48.9 Å². The van der Waals surface area contributed by atoms with Crippen LogP contribution >= 0.6 is 34.5 Å². The lowest BCUT2D eigenvalue weighted by Crippen LogP contribution is -2.49. The molecule has 1 aliphatic heterocycles. The molecule has 1 aromatic carbocycles. The zero-order valence-electron chi connectivity index (χ0n) is 17.0. The topological polar surface area (TPSA) is 66.4 Å². The quantitative estimate of drug-likeness (QED) is 0.528. The van der Waals surface area contributed by atoms with Crippen molar-refractivity contribution in [1.82, 2.24) is 14.3 Å². The molecule has 0 radical (unpaired) electrons. The first-order valence-electron chi connectivity index (χ1n) is 10.3. The Kier molecular flexibility index (Phi) is 5.63. The minimum absolute atomic E-state index is 0.167. The van der Waals surface area contributed by atoms with E-state index in [0.717, 1.165) is 28.9 Å². The Balaban J connectivity index is 1.40. The zero-order chi connectivity index (χ0) is 21.8. The lowest BCUT2D eigenvalue weighted by Gasteiger charge is -2.35. The smallest absolute Gasteiger partial charge is 0.243 e. The van der Waals surface area contributed by atoms with Gasteiger partial charge in [-0.25, -0.2) is 18.4 Å². The Hall–Kier alpha value is -1.45. The second-order valence-electron chi connectivity index (χ2n) is 8.20. The molecule has 3 heterocycles. The molecule has 0 amide bonds. The van der Waals surface area contributed by atoms with E-state index in [0.29, 0.717) is 37.1 Å². The number of fused-ring (bicyclic) bond motifs is 3. The van der Waals surface area contributed by atoms with Gasteiger partial charge in [-0.15, -0.1) is 11.3 Å². The molecule has 1 aliphatic carbocycles. The van der Waals surface area contributed by atoms with E-state index in [2.05, 4.69) is 21.8 Å². The molecule has 3 aromatic rings. The van der Waals surface area contributed by atoms with Gasteiger partial charge in [0, 0.05) is 31.1 Å². The molecule has 2 aliphatic rings. The second-order valence-corrected chi connectivity index (χ2v) is 12.0. The van der Waals surface area contributed by atoms with Crippen LogP contribution in [0.5, 0.6) is 0 Å². The Labute approximate surface area is 195 Å². The van der Waals surface area contributed by atoms with E-state index < -0.39 is 10.0 Å². The van der Waals surface area contributed by atoms with Crippen molar-refractivity contribution in [3.8, 4) is 0 Å². The third-order valence-electron chi connectivity index (χ3n) is 6.13. The van der Waals surface area contributed by atoms with E-state index in [-0.39, 0.29) is 9.92 Å². The predicted octanol–water partition coefficient (Wildman–Crippen LogP) is 4.63. The summed E-state index contributed by atoms with van der Waals surface area (Å²) in [5.74, 6) is 1.59. The van der Waals surface area contributed by atoms with Gasteiger partial charge >= 0.3 is 0 Å². The molecule has 164 valence electrons. The summed E-state index contributed by atoms with van der Waals surface area (Å²) in [7, 11) is -3.63. The van der Waals surface area contributed by atoms with Gasteiger partial charge in [-0.3, -0.25) is 0 Å². The summed E-state index contributed by atoms with van der Waals surface area (Å²) >= 11 is 13.8. The summed E-state index contributed by atoms with van der Waals surface area (Å²) in [4.78, 5) is 14.0. The molecule has 1 fully saturated rings. The normalized spacial score (nSPS) is 20.2. The monoisotopic (exact) mass is 496 g/mol. The Morgan fingerprint density at radius 3 is 2.61 bits per heavy atom. The number of sulfonamides is 1. The number of aryl methyl sites for hydroxylation is 1. The predicted molar refractivity (Wildman–Crippen MR) is 126 cm³/mol. The summed E-state index contributed by atoms with van der Waals surface area (Å²) in [5, 5.41) is 1.74. The number of halogens is 2. The van der Waals surface area contributed by atoms with Crippen molar-refractivity contribution < 1.29 is 8.42 Å². The van der Waals surface area contributed by atoms with Crippen LogP contribution in [0, 0.1) is 5.92 Å². The van der Waals surface area contributed by atoms with Crippen LogP contribution in [0.25, 0.3) is 10.2 Å². The zero-order valence-corrected chi connectivity index (χ0v) is 20.2. The maximum absolute atomic E-state index is 13.1.